The topological polar surface area (TPSA) is 69.6 Å². The van der Waals surface area contributed by atoms with E-state index in [1.54, 1.807) is 11.8 Å². The van der Waals surface area contributed by atoms with Crippen molar-refractivity contribution in [1.82, 2.24) is 4.90 Å². The van der Waals surface area contributed by atoms with Crippen LogP contribution in [0.15, 0.2) is 24.3 Å². The fourth-order valence-corrected chi connectivity index (χ4v) is 2.71. The summed E-state index contributed by atoms with van der Waals surface area (Å²) >= 11 is 0. The maximum atomic E-state index is 12.1. The minimum Gasteiger partial charge on any atom is -0.480 e. The number of amides is 1. The van der Waals surface area contributed by atoms with Gasteiger partial charge in [0.1, 0.15) is 5.54 Å². The third-order valence-electron chi connectivity index (χ3n) is 4.23. The Morgan fingerprint density at radius 2 is 2.00 bits per heavy atom. The van der Waals surface area contributed by atoms with Gasteiger partial charge in [0.15, 0.2) is 0 Å². The molecular formula is C16H22N2O3. The quantitative estimate of drug-likeness (QED) is 0.871. The van der Waals surface area contributed by atoms with Gasteiger partial charge in [-0.05, 0) is 50.4 Å². The molecule has 1 aromatic rings. The fourth-order valence-electron chi connectivity index (χ4n) is 2.71. The van der Waals surface area contributed by atoms with Crippen molar-refractivity contribution in [1.29, 1.82) is 0 Å². The van der Waals surface area contributed by atoms with Crippen LogP contribution in [-0.4, -0.2) is 40.5 Å². The van der Waals surface area contributed by atoms with Crippen molar-refractivity contribution in [3.8, 4) is 0 Å². The number of nitrogens with zero attached hydrogens (tertiary/aromatic N) is 1. The molecule has 1 saturated heterocycles. The van der Waals surface area contributed by atoms with Gasteiger partial charge in [0.25, 0.3) is 0 Å². The molecule has 114 valence electrons. The number of likely N-dealkylation sites (tertiary alicyclic amines) is 1. The van der Waals surface area contributed by atoms with Gasteiger partial charge in [-0.25, -0.2) is 0 Å². The van der Waals surface area contributed by atoms with Crippen molar-refractivity contribution in [2.24, 2.45) is 0 Å². The number of rotatable bonds is 5. The number of aliphatic carboxylic acids is 1. The summed E-state index contributed by atoms with van der Waals surface area (Å²) in [4.78, 5) is 25.2. The summed E-state index contributed by atoms with van der Waals surface area (Å²) in [5.74, 6) is -1.03. The monoisotopic (exact) mass is 290 g/mol. The minimum absolute atomic E-state index is 0.109. The zero-order chi connectivity index (χ0) is 15.5. The summed E-state index contributed by atoms with van der Waals surface area (Å²) in [5, 5.41) is 12.2. The lowest BCUT2D eigenvalue weighted by Gasteiger charge is -2.30. The van der Waals surface area contributed by atoms with Crippen molar-refractivity contribution < 1.29 is 14.7 Å². The number of aryl methyl sites for hydroxylation is 1. The van der Waals surface area contributed by atoms with E-state index in [4.69, 9.17) is 0 Å². The Morgan fingerprint density at radius 3 is 2.57 bits per heavy atom. The molecule has 0 spiro atoms. The second-order valence-electron chi connectivity index (χ2n) is 5.70. The molecule has 2 N–H and O–H groups in total. The first-order chi connectivity index (χ1) is 9.95. The zero-order valence-corrected chi connectivity index (χ0v) is 12.6. The van der Waals surface area contributed by atoms with Crippen LogP contribution >= 0.6 is 0 Å². The van der Waals surface area contributed by atoms with Gasteiger partial charge in [0, 0.05) is 5.69 Å². The molecule has 0 saturated carbocycles. The Labute approximate surface area is 125 Å². The van der Waals surface area contributed by atoms with Crippen LogP contribution in [0.25, 0.3) is 0 Å². The molecule has 1 unspecified atom stereocenters. The molecule has 2 rings (SSSR count). The van der Waals surface area contributed by atoms with E-state index in [1.807, 2.05) is 24.3 Å². The second kappa shape index (κ2) is 6.26. The van der Waals surface area contributed by atoms with Crippen LogP contribution in [0, 0.1) is 0 Å². The number of nitrogens with one attached hydrogen (secondary N) is 1. The van der Waals surface area contributed by atoms with Crippen LogP contribution in [-0.2, 0) is 16.0 Å². The number of benzene rings is 1. The van der Waals surface area contributed by atoms with Crippen LogP contribution in [0.3, 0.4) is 0 Å². The molecule has 5 nitrogen and oxygen atoms in total. The van der Waals surface area contributed by atoms with Crippen LogP contribution in [0.4, 0.5) is 5.69 Å². The van der Waals surface area contributed by atoms with Gasteiger partial charge in [-0.3, -0.25) is 14.5 Å². The minimum atomic E-state index is -0.927. The summed E-state index contributed by atoms with van der Waals surface area (Å²) in [6.07, 6.45) is 2.35. The summed E-state index contributed by atoms with van der Waals surface area (Å²) in [5.41, 5.74) is 1.03. The first kappa shape index (κ1) is 15.5. The van der Waals surface area contributed by atoms with E-state index < -0.39 is 11.5 Å². The third kappa shape index (κ3) is 3.42. The van der Waals surface area contributed by atoms with Crippen molar-refractivity contribution in [3.63, 3.8) is 0 Å². The highest BCUT2D eigenvalue weighted by atomic mass is 16.4. The largest absolute Gasteiger partial charge is 0.480 e. The smallest absolute Gasteiger partial charge is 0.323 e. The lowest BCUT2D eigenvalue weighted by molar-refractivity contribution is -0.149. The third-order valence-corrected chi connectivity index (χ3v) is 4.23. The lowest BCUT2D eigenvalue weighted by Crippen LogP contribution is -2.50. The number of carboxylic acids is 1. The van der Waals surface area contributed by atoms with Crippen LogP contribution < -0.4 is 5.32 Å². The number of hydrogen-bond acceptors (Lipinski definition) is 3. The van der Waals surface area contributed by atoms with Gasteiger partial charge >= 0.3 is 5.97 Å². The molecule has 1 fully saturated rings. The van der Waals surface area contributed by atoms with Crippen molar-refractivity contribution in [2.75, 3.05) is 18.4 Å². The van der Waals surface area contributed by atoms with E-state index in [-0.39, 0.29) is 12.5 Å². The molecular weight excluding hydrogens is 268 g/mol. The summed E-state index contributed by atoms with van der Waals surface area (Å²) in [6, 6.07) is 7.70. The zero-order valence-electron chi connectivity index (χ0n) is 12.6. The standard InChI is InChI=1S/C16H22N2O3/c1-3-12-5-7-13(8-6-12)17-14(19)11-18-10-4-9-16(18,2)15(20)21/h5-8H,3-4,9-11H2,1-2H3,(H,17,19)(H,20,21). The highest BCUT2D eigenvalue weighted by Crippen LogP contribution is 2.28. The number of carboxylic acid groups (broad SMARTS) is 1. The van der Waals surface area contributed by atoms with E-state index >= 15 is 0 Å². The Morgan fingerprint density at radius 1 is 1.33 bits per heavy atom. The van der Waals surface area contributed by atoms with Gasteiger partial charge in [-0.15, -0.1) is 0 Å². The van der Waals surface area contributed by atoms with E-state index in [0.717, 1.165) is 18.5 Å². The Balaban J connectivity index is 1.96. The van der Waals surface area contributed by atoms with E-state index in [2.05, 4.69) is 12.2 Å². The van der Waals surface area contributed by atoms with Crippen LogP contribution in [0.5, 0.6) is 0 Å². The van der Waals surface area contributed by atoms with E-state index in [0.29, 0.717) is 13.0 Å². The molecule has 0 bridgehead atoms. The molecule has 21 heavy (non-hydrogen) atoms. The Bertz CT molecular complexity index is 527. The van der Waals surface area contributed by atoms with Gasteiger partial charge in [-0.1, -0.05) is 19.1 Å². The van der Waals surface area contributed by atoms with Gasteiger partial charge in [0.05, 0.1) is 6.54 Å². The Hall–Kier alpha value is -1.88. The SMILES string of the molecule is CCc1ccc(NC(=O)CN2CCCC2(C)C(=O)O)cc1. The van der Waals surface area contributed by atoms with E-state index in [1.165, 1.54) is 5.56 Å². The maximum Gasteiger partial charge on any atom is 0.323 e. The average molecular weight is 290 g/mol. The van der Waals surface area contributed by atoms with Crippen molar-refractivity contribution >= 4 is 17.6 Å². The van der Waals surface area contributed by atoms with Crippen molar-refractivity contribution in [2.45, 2.75) is 38.6 Å². The summed E-state index contributed by atoms with van der Waals surface area (Å²) in [6.45, 7) is 4.52. The predicted molar refractivity (Wildman–Crippen MR) is 81.3 cm³/mol. The first-order valence-corrected chi connectivity index (χ1v) is 7.33. The number of anilines is 1. The van der Waals surface area contributed by atoms with Gasteiger partial charge < -0.3 is 10.4 Å². The molecule has 1 amide bonds. The first-order valence-electron chi connectivity index (χ1n) is 7.33. The highest BCUT2D eigenvalue weighted by Gasteiger charge is 2.43. The number of carbonyl (C=O) groups is 2. The molecule has 1 heterocycles. The fraction of sp³-hybridized carbons (Fsp3) is 0.500. The molecule has 0 aromatic heterocycles. The predicted octanol–water partition coefficient (Wildman–Crippen LogP) is 2.13. The summed E-state index contributed by atoms with van der Waals surface area (Å²) < 4.78 is 0. The molecule has 1 aliphatic heterocycles. The van der Waals surface area contributed by atoms with Crippen LogP contribution in [0.2, 0.25) is 0 Å². The van der Waals surface area contributed by atoms with E-state index in [9.17, 15) is 14.7 Å². The van der Waals surface area contributed by atoms with Gasteiger partial charge in [0.2, 0.25) is 5.91 Å². The average Bonchev–Trinajstić information content (AvgIpc) is 2.82. The summed E-state index contributed by atoms with van der Waals surface area (Å²) in [7, 11) is 0. The molecule has 1 aromatic carbocycles. The van der Waals surface area contributed by atoms with Gasteiger partial charge in [-0.2, -0.15) is 0 Å². The Kier molecular flexibility index (Phi) is 4.63. The molecule has 1 atom stereocenters. The normalized spacial score (nSPS) is 22.2. The van der Waals surface area contributed by atoms with Crippen molar-refractivity contribution in [3.05, 3.63) is 29.8 Å². The van der Waals surface area contributed by atoms with Crippen LogP contribution in [0.1, 0.15) is 32.3 Å². The maximum absolute atomic E-state index is 12.1. The highest BCUT2D eigenvalue weighted by molar-refractivity contribution is 5.93. The number of hydrogen-bond donors (Lipinski definition) is 2. The second-order valence-corrected chi connectivity index (χ2v) is 5.70. The lowest BCUT2D eigenvalue weighted by atomic mass is 9.99. The number of carbonyl (C=O) groups excluding carboxylic acids is 1. The molecule has 5 heteroatoms. The molecule has 0 radical (unpaired) electrons. The molecule has 0 aliphatic carbocycles. The molecule has 1 aliphatic rings.